The van der Waals surface area contributed by atoms with Gasteiger partial charge in [-0.05, 0) is 58.0 Å². The van der Waals surface area contributed by atoms with Crippen molar-refractivity contribution in [1.29, 1.82) is 0 Å². The summed E-state index contributed by atoms with van der Waals surface area (Å²) in [5.74, 6) is -0.0409. The third kappa shape index (κ3) is 35.9. The number of carbonyl (C=O) groups is 1. The van der Waals surface area contributed by atoms with E-state index in [0.717, 1.165) is 122 Å². The van der Waals surface area contributed by atoms with Crippen molar-refractivity contribution in [1.82, 2.24) is 4.90 Å². The van der Waals surface area contributed by atoms with Crippen molar-refractivity contribution in [2.24, 2.45) is 0 Å². The number of aliphatic hydroxyl groups excluding tert-OH is 1. The van der Waals surface area contributed by atoms with Gasteiger partial charge in [0.15, 0.2) is 0 Å². The second-order valence-electron chi connectivity index (χ2n) is 14.3. The van der Waals surface area contributed by atoms with Crippen LogP contribution in [0.3, 0.4) is 0 Å². The molecule has 0 aromatic rings. The molecule has 0 aliphatic rings. The Bertz CT molecular complexity index is 720. The zero-order valence-electron chi connectivity index (χ0n) is 33.5. The van der Waals surface area contributed by atoms with E-state index >= 15 is 0 Å². The maximum Gasteiger partial charge on any atom is 0.474 e. The number of aliphatic hydroxyl groups is 1. The molecule has 0 radical (unpaired) electrons. The molecular formula is C41H84NO7P. The Morgan fingerprint density at radius 3 is 1.20 bits per heavy atom. The van der Waals surface area contributed by atoms with Crippen LogP contribution in [-0.2, 0) is 27.7 Å². The molecule has 0 aromatic heterocycles. The minimum atomic E-state index is -3.51. The Kier molecular flexibility index (Phi) is 39.3. The molecule has 0 amide bonds. The van der Waals surface area contributed by atoms with E-state index in [4.69, 9.17) is 18.3 Å². The predicted octanol–water partition coefficient (Wildman–Crippen LogP) is 12.4. The molecule has 0 saturated carbocycles. The zero-order chi connectivity index (χ0) is 36.6. The minimum absolute atomic E-state index is 0.0409. The van der Waals surface area contributed by atoms with Crippen LogP contribution in [0.15, 0.2) is 0 Å². The first-order valence-corrected chi connectivity index (χ1v) is 23.0. The summed E-state index contributed by atoms with van der Waals surface area (Å²) in [4.78, 5) is 14.3. The normalized spacial score (nSPS) is 11.9. The molecule has 0 heterocycles. The monoisotopic (exact) mass is 734 g/mol. The fourth-order valence-corrected chi connectivity index (χ4v) is 7.41. The summed E-state index contributed by atoms with van der Waals surface area (Å²) < 4.78 is 35.9. The van der Waals surface area contributed by atoms with E-state index in [9.17, 15) is 14.5 Å². The third-order valence-electron chi connectivity index (χ3n) is 9.40. The Balaban J connectivity index is 4.03. The number of hydrogen-bond donors (Lipinski definition) is 1. The van der Waals surface area contributed by atoms with Crippen molar-refractivity contribution in [2.45, 2.75) is 207 Å². The average molecular weight is 734 g/mol. The fourth-order valence-electron chi connectivity index (χ4n) is 6.13. The van der Waals surface area contributed by atoms with Crippen LogP contribution in [0.2, 0.25) is 0 Å². The third-order valence-corrected chi connectivity index (χ3v) is 10.9. The number of phosphoric acid groups is 1. The first kappa shape index (κ1) is 49.5. The van der Waals surface area contributed by atoms with Gasteiger partial charge in [0.2, 0.25) is 0 Å². The van der Waals surface area contributed by atoms with Gasteiger partial charge in [0.1, 0.15) is 0 Å². The van der Waals surface area contributed by atoms with Gasteiger partial charge in [0, 0.05) is 13.0 Å². The predicted molar refractivity (Wildman–Crippen MR) is 211 cm³/mol. The number of hydrogen-bond acceptors (Lipinski definition) is 8. The van der Waals surface area contributed by atoms with Crippen LogP contribution in [-0.4, -0.2) is 68.6 Å². The van der Waals surface area contributed by atoms with Crippen molar-refractivity contribution in [3.05, 3.63) is 0 Å². The number of nitrogens with zero attached hydrogens (tertiary/aromatic N) is 1. The van der Waals surface area contributed by atoms with E-state index in [1.54, 1.807) is 0 Å². The summed E-state index contributed by atoms with van der Waals surface area (Å²) in [7, 11) is -3.51. The molecule has 0 saturated heterocycles. The quantitative estimate of drug-likeness (QED) is 0.0376. The molecule has 0 aliphatic heterocycles. The van der Waals surface area contributed by atoms with Gasteiger partial charge in [0.05, 0.1) is 33.0 Å². The standard InChI is InChI=1S/C41H84NO7P/c1-4-7-10-13-21-28-37-46-41(44)32-25-18-16-19-26-33-42(35-36-43)34-27-20-17-24-31-40-49-50(45,47-38-29-22-14-11-8-5-2)48-39-30-23-15-12-9-6-3/h43H,4-40H2,1-3H3. The second kappa shape index (κ2) is 39.7. The fraction of sp³-hybridized carbons (Fsp3) is 0.976. The van der Waals surface area contributed by atoms with Gasteiger partial charge in [-0.2, -0.15) is 0 Å². The Labute approximate surface area is 310 Å². The molecule has 1 N–H and O–H groups in total. The Morgan fingerprint density at radius 1 is 0.460 bits per heavy atom. The lowest BCUT2D eigenvalue weighted by Gasteiger charge is -2.21. The topological polar surface area (TPSA) is 94.5 Å². The first-order chi connectivity index (χ1) is 24.5. The molecule has 300 valence electrons. The molecule has 50 heavy (non-hydrogen) atoms. The highest BCUT2D eigenvalue weighted by Crippen LogP contribution is 2.50. The van der Waals surface area contributed by atoms with Gasteiger partial charge >= 0.3 is 13.8 Å². The van der Waals surface area contributed by atoms with Gasteiger partial charge in [0.25, 0.3) is 0 Å². The lowest BCUT2D eigenvalue weighted by molar-refractivity contribution is -0.143. The van der Waals surface area contributed by atoms with Crippen molar-refractivity contribution in [2.75, 3.05) is 52.7 Å². The van der Waals surface area contributed by atoms with E-state index in [1.807, 2.05) is 0 Å². The number of rotatable bonds is 42. The molecule has 0 unspecified atom stereocenters. The molecule has 9 heteroatoms. The van der Waals surface area contributed by atoms with Gasteiger partial charge < -0.3 is 14.7 Å². The first-order valence-electron chi connectivity index (χ1n) is 21.5. The summed E-state index contributed by atoms with van der Waals surface area (Å²) >= 11 is 0. The van der Waals surface area contributed by atoms with Crippen molar-refractivity contribution < 1.29 is 32.8 Å². The highest BCUT2D eigenvalue weighted by atomic mass is 31.2. The summed E-state index contributed by atoms with van der Waals surface area (Å²) in [5, 5.41) is 9.53. The minimum Gasteiger partial charge on any atom is -0.466 e. The molecular weight excluding hydrogens is 649 g/mol. The van der Waals surface area contributed by atoms with Crippen LogP contribution < -0.4 is 0 Å². The van der Waals surface area contributed by atoms with E-state index < -0.39 is 7.82 Å². The Morgan fingerprint density at radius 2 is 0.800 bits per heavy atom. The van der Waals surface area contributed by atoms with Gasteiger partial charge in [-0.25, -0.2) is 4.57 Å². The number of unbranched alkanes of at least 4 members (excludes halogenated alkanes) is 23. The van der Waals surface area contributed by atoms with E-state index in [2.05, 4.69) is 25.7 Å². The number of carbonyl (C=O) groups excluding carboxylic acids is 1. The van der Waals surface area contributed by atoms with Crippen LogP contribution in [0.5, 0.6) is 0 Å². The van der Waals surface area contributed by atoms with Gasteiger partial charge in [-0.3, -0.25) is 18.4 Å². The van der Waals surface area contributed by atoms with Gasteiger partial charge in [-0.15, -0.1) is 0 Å². The maximum absolute atomic E-state index is 13.3. The van der Waals surface area contributed by atoms with Crippen LogP contribution in [0.25, 0.3) is 0 Å². The van der Waals surface area contributed by atoms with Crippen LogP contribution in [0.1, 0.15) is 207 Å². The number of ether oxygens (including phenoxy) is 1. The largest absolute Gasteiger partial charge is 0.474 e. The van der Waals surface area contributed by atoms with Gasteiger partial charge in [-0.1, -0.05) is 156 Å². The average Bonchev–Trinajstić information content (AvgIpc) is 3.11. The number of esters is 1. The second-order valence-corrected chi connectivity index (χ2v) is 16.0. The van der Waals surface area contributed by atoms with E-state index in [0.29, 0.717) is 32.8 Å². The lowest BCUT2D eigenvalue weighted by Crippen LogP contribution is -2.29. The molecule has 0 bridgehead atoms. The van der Waals surface area contributed by atoms with Crippen molar-refractivity contribution >= 4 is 13.8 Å². The molecule has 0 rings (SSSR count). The van der Waals surface area contributed by atoms with Crippen LogP contribution in [0, 0.1) is 0 Å². The molecule has 0 aliphatic carbocycles. The summed E-state index contributed by atoms with van der Waals surface area (Å²) in [6.45, 7) is 11.5. The molecule has 0 spiro atoms. The maximum atomic E-state index is 13.3. The summed E-state index contributed by atoms with van der Waals surface area (Å²) in [6, 6.07) is 0. The summed E-state index contributed by atoms with van der Waals surface area (Å²) in [5.41, 5.74) is 0. The molecule has 8 nitrogen and oxygen atoms in total. The van der Waals surface area contributed by atoms with E-state index in [1.165, 1.54) is 77.0 Å². The Hall–Kier alpha value is -0.500. The number of phosphoric ester groups is 1. The molecule has 0 fully saturated rings. The molecule has 0 atom stereocenters. The smallest absolute Gasteiger partial charge is 0.466 e. The SMILES string of the molecule is CCCCCCCCOC(=O)CCCCCCCN(CCO)CCCCCCCOP(=O)(OCCCCCCCC)OCCCCCCCC. The van der Waals surface area contributed by atoms with E-state index in [-0.39, 0.29) is 12.6 Å². The van der Waals surface area contributed by atoms with Crippen LogP contribution in [0.4, 0.5) is 0 Å². The lowest BCUT2D eigenvalue weighted by atomic mass is 10.1. The highest BCUT2D eigenvalue weighted by molar-refractivity contribution is 7.48. The zero-order valence-corrected chi connectivity index (χ0v) is 34.3. The van der Waals surface area contributed by atoms with Crippen molar-refractivity contribution in [3.8, 4) is 0 Å². The summed E-state index contributed by atoms with van der Waals surface area (Å²) in [6.07, 6.45) is 32.3. The molecule has 0 aromatic carbocycles. The highest BCUT2D eigenvalue weighted by Gasteiger charge is 2.26. The van der Waals surface area contributed by atoms with Crippen LogP contribution >= 0.6 is 7.82 Å². The van der Waals surface area contributed by atoms with Crippen molar-refractivity contribution in [3.63, 3.8) is 0 Å².